The summed E-state index contributed by atoms with van der Waals surface area (Å²) >= 11 is 0. The molecule has 0 aliphatic rings. The van der Waals surface area contributed by atoms with Crippen molar-refractivity contribution in [2.75, 3.05) is 13.2 Å². The molecule has 0 aromatic carbocycles. The lowest BCUT2D eigenvalue weighted by Gasteiger charge is -2.31. The van der Waals surface area contributed by atoms with Crippen LogP contribution in [0.2, 0.25) is 0 Å². The van der Waals surface area contributed by atoms with Gasteiger partial charge in [-0.25, -0.2) is 0 Å². The van der Waals surface area contributed by atoms with Crippen molar-refractivity contribution >= 4 is 0 Å². The van der Waals surface area contributed by atoms with E-state index in [4.69, 9.17) is 10.2 Å². The van der Waals surface area contributed by atoms with Crippen molar-refractivity contribution < 1.29 is 10.2 Å². The van der Waals surface area contributed by atoms with Crippen LogP contribution in [0.4, 0.5) is 0 Å². The molecule has 0 aromatic heterocycles. The third kappa shape index (κ3) is 3.52. The summed E-state index contributed by atoms with van der Waals surface area (Å²) in [5.41, 5.74) is -0.197. The maximum atomic E-state index is 9.15. The number of β-amino-alcohol motifs (C(OH)–C–C–N with tert-alkyl or cyclic N) is 1. The fourth-order valence-electron chi connectivity index (χ4n) is 1.14. The second-order valence-electron chi connectivity index (χ2n) is 3.38. The van der Waals surface area contributed by atoms with Crippen molar-refractivity contribution in [3.63, 3.8) is 0 Å². The minimum atomic E-state index is -0.353. The van der Waals surface area contributed by atoms with Crippen LogP contribution in [0.1, 0.15) is 33.6 Å². The van der Waals surface area contributed by atoms with Gasteiger partial charge in [0.2, 0.25) is 0 Å². The molecule has 3 N–H and O–H groups in total. The summed E-state index contributed by atoms with van der Waals surface area (Å²) < 4.78 is 0. The molecule has 3 nitrogen and oxygen atoms in total. The van der Waals surface area contributed by atoms with Crippen LogP contribution in [-0.2, 0) is 0 Å². The monoisotopic (exact) mass is 175 g/mol. The van der Waals surface area contributed by atoms with Gasteiger partial charge in [-0.2, -0.15) is 0 Å². The van der Waals surface area contributed by atoms with E-state index in [0.717, 1.165) is 12.8 Å². The van der Waals surface area contributed by atoms with E-state index in [2.05, 4.69) is 5.32 Å². The Labute approximate surface area is 74.8 Å². The summed E-state index contributed by atoms with van der Waals surface area (Å²) in [6.45, 7) is 6.49. The Balaban J connectivity index is 3.93. The molecule has 0 unspecified atom stereocenters. The number of hydrogen-bond acceptors (Lipinski definition) is 3. The highest BCUT2D eigenvalue weighted by Crippen LogP contribution is 2.13. The highest BCUT2D eigenvalue weighted by Gasteiger charge is 2.24. The van der Waals surface area contributed by atoms with Gasteiger partial charge in [0, 0.05) is 12.1 Å². The summed E-state index contributed by atoms with van der Waals surface area (Å²) in [5, 5.41) is 21.4. The summed E-state index contributed by atoms with van der Waals surface area (Å²) in [5.74, 6) is 0. The van der Waals surface area contributed by atoms with Gasteiger partial charge >= 0.3 is 0 Å². The van der Waals surface area contributed by atoms with E-state index in [9.17, 15) is 0 Å². The highest BCUT2D eigenvalue weighted by atomic mass is 16.3. The van der Waals surface area contributed by atoms with E-state index in [1.54, 1.807) is 6.92 Å². The molecule has 0 rings (SSSR count). The Morgan fingerprint density at radius 1 is 1.33 bits per heavy atom. The minimum absolute atomic E-state index is 0.132. The maximum absolute atomic E-state index is 9.15. The average Bonchev–Trinajstić information content (AvgIpc) is 2.08. The molecule has 0 aliphatic carbocycles. The molecule has 0 saturated heterocycles. The van der Waals surface area contributed by atoms with Gasteiger partial charge in [-0.15, -0.1) is 0 Å². The van der Waals surface area contributed by atoms with Gasteiger partial charge in [0.25, 0.3) is 0 Å². The standard InChI is InChI=1S/C9H21NO2/c1-4-9(5-2,7-11)10-6-8(3)12/h8,10-12H,4-7H2,1-3H3/t8-/m0/s1. The molecule has 0 heterocycles. The van der Waals surface area contributed by atoms with Crippen molar-refractivity contribution in [3.05, 3.63) is 0 Å². The van der Waals surface area contributed by atoms with E-state index < -0.39 is 0 Å². The lowest BCUT2D eigenvalue weighted by molar-refractivity contribution is 0.121. The predicted octanol–water partition coefficient (Wildman–Crippen LogP) is 0.508. The number of rotatable bonds is 6. The molecule has 0 saturated carbocycles. The number of nitrogens with one attached hydrogen (secondary N) is 1. The van der Waals surface area contributed by atoms with Gasteiger partial charge < -0.3 is 15.5 Å². The summed E-state index contributed by atoms with van der Waals surface area (Å²) in [4.78, 5) is 0. The summed E-state index contributed by atoms with van der Waals surface area (Å²) in [6.07, 6.45) is 1.41. The van der Waals surface area contributed by atoms with Gasteiger partial charge in [-0.1, -0.05) is 13.8 Å². The van der Waals surface area contributed by atoms with Crippen LogP contribution in [0.5, 0.6) is 0 Å². The Morgan fingerprint density at radius 3 is 2.08 bits per heavy atom. The van der Waals surface area contributed by atoms with Crippen LogP contribution >= 0.6 is 0 Å². The molecule has 0 spiro atoms. The Kier molecular flexibility index (Phi) is 5.46. The van der Waals surface area contributed by atoms with Crippen LogP contribution in [0.3, 0.4) is 0 Å². The van der Waals surface area contributed by atoms with Crippen molar-refractivity contribution in [3.8, 4) is 0 Å². The maximum Gasteiger partial charge on any atom is 0.0636 e. The third-order valence-electron chi connectivity index (χ3n) is 2.43. The van der Waals surface area contributed by atoms with Gasteiger partial charge in [-0.3, -0.25) is 0 Å². The van der Waals surface area contributed by atoms with Crippen molar-refractivity contribution in [1.29, 1.82) is 0 Å². The highest BCUT2D eigenvalue weighted by molar-refractivity contribution is 4.84. The molecular weight excluding hydrogens is 154 g/mol. The molecule has 0 aromatic rings. The van der Waals surface area contributed by atoms with Crippen LogP contribution < -0.4 is 5.32 Å². The lowest BCUT2D eigenvalue weighted by atomic mass is 9.94. The molecular formula is C9H21NO2. The molecule has 0 aliphatic heterocycles. The summed E-state index contributed by atoms with van der Waals surface area (Å²) in [6, 6.07) is 0. The van der Waals surface area contributed by atoms with Crippen molar-refractivity contribution in [2.45, 2.75) is 45.3 Å². The van der Waals surface area contributed by atoms with Crippen LogP contribution in [0, 0.1) is 0 Å². The van der Waals surface area contributed by atoms with Gasteiger partial charge in [0.15, 0.2) is 0 Å². The predicted molar refractivity (Wildman–Crippen MR) is 50.1 cm³/mol. The number of hydrogen-bond donors (Lipinski definition) is 3. The molecule has 0 bridgehead atoms. The van der Waals surface area contributed by atoms with E-state index in [1.165, 1.54) is 0 Å². The Morgan fingerprint density at radius 2 is 1.83 bits per heavy atom. The fourth-order valence-corrected chi connectivity index (χ4v) is 1.14. The van der Waals surface area contributed by atoms with Crippen molar-refractivity contribution in [2.24, 2.45) is 0 Å². The Bertz CT molecular complexity index is 103. The first-order valence-corrected chi connectivity index (χ1v) is 4.64. The fraction of sp³-hybridized carbons (Fsp3) is 1.00. The largest absolute Gasteiger partial charge is 0.394 e. The first-order valence-electron chi connectivity index (χ1n) is 4.64. The van der Waals surface area contributed by atoms with Crippen LogP contribution in [0.25, 0.3) is 0 Å². The first kappa shape index (κ1) is 11.9. The third-order valence-corrected chi connectivity index (χ3v) is 2.43. The Hall–Kier alpha value is -0.120. The van der Waals surface area contributed by atoms with E-state index in [-0.39, 0.29) is 18.2 Å². The lowest BCUT2D eigenvalue weighted by Crippen LogP contribution is -2.49. The molecule has 12 heavy (non-hydrogen) atoms. The SMILES string of the molecule is CCC(CC)(CO)NC[C@H](C)O. The first-order chi connectivity index (χ1) is 5.60. The smallest absolute Gasteiger partial charge is 0.0636 e. The van der Waals surface area contributed by atoms with Crippen LogP contribution in [-0.4, -0.2) is 35.0 Å². The summed E-state index contributed by atoms with van der Waals surface area (Å²) in [7, 11) is 0. The second-order valence-corrected chi connectivity index (χ2v) is 3.38. The van der Waals surface area contributed by atoms with Gasteiger partial charge in [0.1, 0.15) is 0 Å². The van der Waals surface area contributed by atoms with E-state index >= 15 is 0 Å². The zero-order chi connectivity index (χ0) is 9.61. The number of aliphatic hydroxyl groups is 2. The molecule has 0 radical (unpaired) electrons. The zero-order valence-corrected chi connectivity index (χ0v) is 8.30. The second kappa shape index (κ2) is 5.51. The average molecular weight is 175 g/mol. The van der Waals surface area contributed by atoms with E-state index in [0.29, 0.717) is 6.54 Å². The molecule has 1 atom stereocenters. The van der Waals surface area contributed by atoms with Gasteiger partial charge in [0.05, 0.1) is 12.7 Å². The van der Waals surface area contributed by atoms with Gasteiger partial charge in [-0.05, 0) is 19.8 Å². The van der Waals surface area contributed by atoms with E-state index in [1.807, 2.05) is 13.8 Å². The number of aliphatic hydroxyl groups excluding tert-OH is 2. The topological polar surface area (TPSA) is 52.5 Å². The zero-order valence-electron chi connectivity index (χ0n) is 8.30. The van der Waals surface area contributed by atoms with Crippen molar-refractivity contribution in [1.82, 2.24) is 5.32 Å². The molecule has 74 valence electrons. The molecule has 3 heteroatoms. The quantitative estimate of drug-likeness (QED) is 0.551. The molecule has 0 fully saturated rings. The normalized spacial score (nSPS) is 14.8. The molecule has 0 amide bonds. The van der Waals surface area contributed by atoms with Crippen LogP contribution in [0.15, 0.2) is 0 Å². The minimum Gasteiger partial charge on any atom is -0.394 e.